The Morgan fingerprint density at radius 2 is 2.00 bits per heavy atom. The number of rotatable bonds is 6. The first-order valence-corrected chi connectivity index (χ1v) is 6.49. The Labute approximate surface area is 109 Å². The van der Waals surface area contributed by atoms with Crippen molar-refractivity contribution in [3.05, 3.63) is 24.0 Å². The molecule has 0 aliphatic rings. The molecule has 0 radical (unpaired) electrons. The van der Waals surface area contributed by atoms with Gasteiger partial charge in [0.15, 0.2) is 0 Å². The van der Waals surface area contributed by atoms with Crippen molar-refractivity contribution < 1.29 is 4.79 Å². The average molecular weight is 249 g/mol. The van der Waals surface area contributed by atoms with E-state index in [1.165, 1.54) is 0 Å². The van der Waals surface area contributed by atoms with Gasteiger partial charge in [0.2, 0.25) is 0 Å². The number of pyridine rings is 1. The molecule has 0 aliphatic heterocycles. The second-order valence-electron chi connectivity index (χ2n) is 5.20. The van der Waals surface area contributed by atoms with Gasteiger partial charge in [-0.05, 0) is 32.3 Å². The highest BCUT2D eigenvalue weighted by atomic mass is 16.1. The van der Waals surface area contributed by atoms with E-state index in [2.05, 4.69) is 43.3 Å². The molecule has 0 atom stereocenters. The lowest BCUT2D eigenvalue weighted by molar-refractivity contribution is 0.0951. The van der Waals surface area contributed by atoms with Crippen LogP contribution >= 0.6 is 0 Å². The van der Waals surface area contributed by atoms with Gasteiger partial charge in [0, 0.05) is 25.0 Å². The Bertz CT molecular complexity index is 388. The second-order valence-corrected chi connectivity index (χ2v) is 5.20. The number of hydrogen-bond acceptors (Lipinski definition) is 3. The molecule has 0 fully saturated rings. The van der Waals surface area contributed by atoms with Crippen molar-refractivity contribution in [2.24, 2.45) is 5.92 Å². The SMILES string of the molecule is CC(C)CCNC(=O)c1cncc(NC(C)C)c1. The summed E-state index contributed by atoms with van der Waals surface area (Å²) in [5, 5.41) is 6.14. The molecule has 0 aliphatic carbocycles. The highest BCUT2D eigenvalue weighted by Crippen LogP contribution is 2.09. The van der Waals surface area contributed by atoms with Gasteiger partial charge in [0.05, 0.1) is 11.3 Å². The van der Waals surface area contributed by atoms with Gasteiger partial charge in [0.25, 0.3) is 5.91 Å². The first-order valence-electron chi connectivity index (χ1n) is 6.49. The number of nitrogens with zero attached hydrogens (tertiary/aromatic N) is 1. The molecule has 1 heterocycles. The molecule has 100 valence electrons. The van der Waals surface area contributed by atoms with Crippen molar-refractivity contribution >= 4 is 11.6 Å². The number of carbonyl (C=O) groups is 1. The number of nitrogens with one attached hydrogen (secondary N) is 2. The number of hydrogen-bond donors (Lipinski definition) is 2. The second kappa shape index (κ2) is 6.99. The van der Waals surface area contributed by atoms with Crippen molar-refractivity contribution in [1.82, 2.24) is 10.3 Å². The molecule has 1 amide bonds. The fourth-order valence-electron chi connectivity index (χ4n) is 1.55. The van der Waals surface area contributed by atoms with Crippen LogP contribution in [-0.2, 0) is 0 Å². The van der Waals surface area contributed by atoms with Crippen molar-refractivity contribution in [2.45, 2.75) is 40.2 Å². The fraction of sp³-hybridized carbons (Fsp3) is 0.571. The van der Waals surface area contributed by atoms with E-state index in [1.807, 2.05) is 6.07 Å². The van der Waals surface area contributed by atoms with Crippen LogP contribution in [0.3, 0.4) is 0 Å². The van der Waals surface area contributed by atoms with E-state index in [9.17, 15) is 4.79 Å². The summed E-state index contributed by atoms with van der Waals surface area (Å²) in [5.41, 5.74) is 1.48. The smallest absolute Gasteiger partial charge is 0.252 e. The molecule has 1 rings (SSSR count). The zero-order valence-electron chi connectivity index (χ0n) is 11.7. The van der Waals surface area contributed by atoms with E-state index in [0.717, 1.165) is 12.1 Å². The largest absolute Gasteiger partial charge is 0.382 e. The zero-order valence-corrected chi connectivity index (χ0v) is 11.7. The molecule has 4 heteroatoms. The highest BCUT2D eigenvalue weighted by Gasteiger charge is 2.07. The standard InChI is InChI=1S/C14H23N3O/c1-10(2)5-6-16-14(18)12-7-13(9-15-8-12)17-11(3)4/h7-11,17H,5-6H2,1-4H3,(H,16,18). The van der Waals surface area contributed by atoms with Crippen LogP contribution in [0.1, 0.15) is 44.5 Å². The van der Waals surface area contributed by atoms with Gasteiger partial charge in [0.1, 0.15) is 0 Å². The van der Waals surface area contributed by atoms with Gasteiger partial charge >= 0.3 is 0 Å². The number of anilines is 1. The summed E-state index contributed by atoms with van der Waals surface area (Å²) in [6.07, 6.45) is 4.31. The average Bonchev–Trinajstić information content (AvgIpc) is 2.27. The van der Waals surface area contributed by atoms with Gasteiger partial charge in [-0.3, -0.25) is 9.78 Å². The third kappa shape index (κ3) is 5.17. The van der Waals surface area contributed by atoms with Crippen molar-refractivity contribution in [1.29, 1.82) is 0 Å². The van der Waals surface area contributed by atoms with Crippen LogP contribution in [-0.4, -0.2) is 23.5 Å². The van der Waals surface area contributed by atoms with Crippen LogP contribution in [0.4, 0.5) is 5.69 Å². The maximum absolute atomic E-state index is 11.9. The molecule has 1 aromatic heterocycles. The van der Waals surface area contributed by atoms with E-state index in [-0.39, 0.29) is 5.91 Å². The minimum atomic E-state index is -0.0597. The number of amides is 1. The number of aromatic nitrogens is 1. The van der Waals surface area contributed by atoms with E-state index in [4.69, 9.17) is 0 Å². The molecule has 4 nitrogen and oxygen atoms in total. The third-order valence-corrected chi connectivity index (χ3v) is 2.46. The van der Waals surface area contributed by atoms with Gasteiger partial charge < -0.3 is 10.6 Å². The molecule has 0 bridgehead atoms. The van der Waals surface area contributed by atoms with Crippen molar-refractivity contribution in [2.75, 3.05) is 11.9 Å². The van der Waals surface area contributed by atoms with Gasteiger partial charge in [-0.2, -0.15) is 0 Å². The number of carbonyl (C=O) groups excluding carboxylic acids is 1. The summed E-state index contributed by atoms with van der Waals surface area (Å²) in [4.78, 5) is 16.0. The fourth-order valence-corrected chi connectivity index (χ4v) is 1.55. The molecular weight excluding hydrogens is 226 g/mol. The third-order valence-electron chi connectivity index (χ3n) is 2.46. The molecule has 18 heavy (non-hydrogen) atoms. The summed E-state index contributed by atoms with van der Waals surface area (Å²) in [5.74, 6) is 0.535. The molecule has 2 N–H and O–H groups in total. The topological polar surface area (TPSA) is 54.0 Å². The van der Waals surface area contributed by atoms with Gasteiger partial charge in [-0.25, -0.2) is 0 Å². The summed E-state index contributed by atoms with van der Waals surface area (Å²) < 4.78 is 0. The first kappa shape index (κ1) is 14.5. The molecular formula is C14H23N3O. The normalized spacial score (nSPS) is 10.8. The molecule has 1 aromatic rings. The van der Waals surface area contributed by atoms with E-state index in [1.54, 1.807) is 12.4 Å². The van der Waals surface area contributed by atoms with Gasteiger partial charge in [-0.1, -0.05) is 13.8 Å². The van der Waals surface area contributed by atoms with Crippen LogP contribution in [0.15, 0.2) is 18.5 Å². The van der Waals surface area contributed by atoms with Crippen molar-refractivity contribution in [3.8, 4) is 0 Å². The van der Waals surface area contributed by atoms with Crippen LogP contribution in [0.2, 0.25) is 0 Å². The predicted octanol–water partition coefficient (Wildman–Crippen LogP) is 2.68. The minimum Gasteiger partial charge on any atom is -0.382 e. The molecule has 0 saturated carbocycles. The molecule has 0 unspecified atom stereocenters. The monoisotopic (exact) mass is 249 g/mol. The molecule has 0 aromatic carbocycles. The Hall–Kier alpha value is -1.58. The summed E-state index contributed by atoms with van der Waals surface area (Å²) in [7, 11) is 0. The van der Waals surface area contributed by atoms with E-state index >= 15 is 0 Å². The Morgan fingerprint density at radius 3 is 2.61 bits per heavy atom. The molecule has 0 spiro atoms. The maximum atomic E-state index is 11.9. The first-order chi connectivity index (χ1) is 8.49. The maximum Gasteiger partial charge on any atom is 0.252 e. The highest BCUT2D eigenvalue weighted by molar-refractivity contribution is 5.94. The van der Waals surface area contributed by atoms with Crippen LogP contribution < -0.4 is 10.6 Å². The Kier molecular flexibility index (Phi) is 5.62. The lowest BCUT2D eigenvalue weighted by atomic mass is 10.1. The Balaban J connectivity index is 2.57. The molecule has 0 saturated heterocycles. The summed E-state index contributed by atoms with van der Waals surface area (Å²) in [6.45, 7) is 9.09. The van der Waals surface area contributed by atoms with Crippen molar-refractivity contribution in [3.63, 3.8) is 0 Å². The van der Waals surface area contributed by atoms with E-state index < -0.39 is 0 Å². The van der Waals surface area contributed by atoms with Gasteiger partial charge in [-0.15, -0.1) is 0 Å². The lowest BCUT2D eigenvalue weighted by Crippen LogP contribution is -2.25. The van der Waals surface area contributed by atoms with Crippen LogP contribution in [0, 0.1) is 5.92 Å². The lowest BCUT2D eigenvalue weighted by Gasteiger charge is -2.11. The summed E-state index contributed by atoms with van der Waals surface area (Å²) >= 11 is 0. The van der Waals surface area contributed by atoms with Crippen LogP contribution in [0.5, 0.6) is 0 Å². The summed E-state index contributed by atoms with van der Waals surface area (Å²) in [6, 6.07) is 2.16. The predicted molar refractivity (Wildman–Crippen MR) is 74.8 cm³/mol. The Morgan fingerprint density at radius 1 is 1.28 bits per heavy atom. The quantitative estimate of drug-likeness (QED) is 0.815. The van der Waals surface area contributed by atoms with Crippen LogP contribution in [0.25, 0.3) is 0 Å². The zero-order chi connectivity index (χ0) is 13.5. The minimum absolute atomic E-state index is 0.0597. The van der Waals surface area contributed by atoms with E-state index in [0.29, 0.717) is 24.1 Å².